The number of nitrogens with zero attached hydrogens (tertiary/aromatic N) is 2. The molecule has 0 spiro atoms. The molecule has 1 saturated heterocycles. The van der Waals surface area contributed by atoms with Crippen LogP contribution in [0.1, 0.15) is 49.3 Å². The van der Waals surface area contributed by atoms with E-state index in [0.717, 1.165) is 50.8 Å². The van der Waals surface area contributed by atoms with Gasteiger partial charge in [-0.15, -0.1) is 0 Å². The summed E-state index contributed by atoms with van der Waals surface area (Å²) in [4.78, 5) is 19.4. The van der Waals surface area contributed by atoms with Crippen LogP contribution < -0.4 is 5.32 Å². The first-order valence-corrected chi connectivity index (χ1v) is 11.0. The standard InChI is InChI=1S/C23H26ClF2N3O/c24-18-7-8-19(25)20(21(18)26)22(16-5-1-2-6-16)28-23(30)17-9-11-29(14-17)13-15-4-3-10-27-12-15/h3-4,7-8,10,12,16-17,22H,1-2,5-6,9,11,13-14H2,(H,28,30)/t17-,22+/m1/s1. The average molecular weight is 434 g/mol. The molecule has 4 rings (SSSR count). The van der Waals surface area contributed by atoms with Crippen molar-refractivity contribution in [1.82, 2.24) is 15.2 Å². The molecule has 1 N–H and O–H groups in total. The number of aromatic nitrogens is 1. The Morgan fingerprint density at radius 2 is 2.03 bits per heavy atom. The van der Waals surface area contributed by atoms with Crippen LogP contribution in [0.5, 0.6) is 0 Å². The SMILES string of the molecule is O=C(N[C@H](c1c(F)ccc(Cl)c1F)C1CCCC1)[C@@H]1CCN(Cc2cccnc2)C1. The van der Waals surface area contributed by atoms with Crippen molar-refractivity contribution in [3.05, 3.63) is 64.4 Å². The first-order chi connectivity index (χ1) is 14.5. The molecule has 0 bridgehead atoms. The Morgan fingerprint density at radius 3 is 2.77 bits per heavy atom. The Kier molecular flexibility index (Phi) is 6.64. The Balaban J connectivity index is 1.47. The van der Waals surface area contributed by atoms with Crippen molar-refractivity contribution >= 4 is 17.5 Å². The van der Waals surface area contributed by atoms with E-state index in [2.05, 4.69) is 15.2 Å². The van der Waals surface area contributed by atoms with Crippen LogP contribution >= 0.6 is 11.6 Å². The molecule has 2 atom stereocenters. The molecule has 0 radical (unpaired) electrons. The van der Waals surface area contributed by atoms with Gasteiger partial charge in [-0.25, -0.2) is 8.78 Å². The highest BCUT2D eigenvalue weighted by molar-refractivity contribution is 6.30. The van der Waals surface area contributed by atoms with Crippen LogP contribution in [0.3, 0.4) is 0 Å². The second-order valence-corrected chi connectivity index (χ2v) is 8.78. The molecule has 2 aromatic rings. The Bertz CT molecular complexity index is 890. The number of hydrogen-bond acceptors (Lipinski definition) is 3. The van der Waals surface area contributed by atoms with Crippen LogP contribution in [-0.4, -0.2) is 28.9 Å². The second kappa shape index (κ2) is 9.40. The minimum absolute atomic E-state index is 0.0179. The Morgan fingerprint density at radius 1 is 1.23 bits per heavy atom. The van der Waals surface area contributed by atoms with Crippen LogP contribution in [0, 0.1) is 23.5 Å². The highest BCUT2D eigenvalue weighted by Crippen LogP contribution is 2.39. The summed E-state index contributed by atoms with van der Waals surface area (Å²) < 4.78 is 29.4. The predicted octanol–water partition coefficient (Wildman–Crippen LogP) is 4.88. The fourth-order valence-corrected chi connectivity index (χ4v) is 4.92. The molecule has 160 valence electrons. The number of halogens is 3. The highest BCUT2D eigenvalue weighted by atomic mass is 35.5. The van der Waals surface area contributed by atoms with Gasteiger partial charge in [-0.2, -0.15) is 0 Å². The highest BCUT2D eigenvalue weighted by Gasteiger charge is 2.35. The number of pyridine rings is 1. The van der Waals surface area contributed by atoms with Crippen LogP contribution in [0.15, 0.2) is 36.7 Å². The van der Waals surface area contributed by atoms with Gasteiger partial charge in [-0.3, -0.25) is 14.7 Å². The molecular weight excluding hydrogens is 408 g/mol. The summed E-state index contributed by atoms with van der Waals surface area (Å²) in [5.74, 6) is -1.74. The number of carbonyl (C=O) groups excluding carboxylic acids is 1. The van der Waals surface area contributed by atoms with Crippen LogP contribution in [0.2, 0.25) is 5.02 Å². The number of benzene rings is 1. The van der Waals surface area contributed by atoms with E-state index >= 15 is 0 Å². The maximum absolute atomic E-state index is 14.8. The summed E-state index contributed by atoms with van der Waals surface area (Å²) >= 11 is 5.93. The number of likely N-dealkylation sites (tertiary alicyclic amines) is 1. The predicted molar refractivity (Wildman–Crippen MR) is 112 cm³/mol. The molecule has 1 aliphatic heterocycles. The summed E-state index contributed by atoms with van der Waals surface area (Å²) in [5.41, 5.74) is 0.999. The second-order valence-electron chi connectivity index (χ2n) is 8.37. The summed E-state index contributed by atoms with van der Waals surface area (Å²) in [7, 11) is 0. The van der Waals surface area contributed by atoms with Gasteiger partial charge in [-0.1, -0.05) is 30.5 Å². The third-order valence-corrected chi connectivity index (χ3v) is 6.62. The van der Waals surface area contributed by atoms with Gasteiger partial charge < -0.3 is 5.32 Å². The molecule has 1 saturated carbocycles. The number of nitrogens with one attached hydrogen (secondary N) is 1. The fourth-order valence-electron chi connectivity index (χ4n) is 4.76. The van der Waals surface area contributed by atoms with Gasteiger partial charge in [0, 0.05) is 31.0 Å². The van der Waals surface area contributed by atoms with E-state index in [1.54, 1.807) is 6.20 Å². The van der Waals surface area contributed by atoms with Crippen molar-refractivity contribution in [2.45, 2.75) is 44.7 Å². The molecule has 1 aromatic carbocycles. The molecule has 4 nitrogen and oxygen atoms in total. The number of hydrogen-bond donors (Lipinski definition) is 1. The average Bonchev–Trinajstić information content (AvgIpc) is 3.43. The molecule has 2 aliphatic rings. The van der Waals surface area contributed by atoms with Crippen molar-refractivity contribution in [2.24, 2.45) is 11.8 Å². The molecule has 2 heterocycles. The van der Waals surface area contributed by atoms with Gasteiger partial charge in [0.2, 0.25) is 5.91 Å². The van der Waals surface area contributed by atoms with Crippen LogP contribution in [0.4, 0.5) is 8.78 Å². The molecule has 1 aliphatic carbocycles. The van der Waals surface area contributed by atoms with E-state index in [4.69, 9.17) is 11.6 Å². The van der Waals surface area contributed by atoms with Crippen molar-refractivity contribution in [3.8, 4) is 0 Å². The molecule has 2 fully saturated rings. The van der Waals surface area contributed by atoms with E-state index in [0.29, 0.717) is 6.54 Å². The summed E-state index contributed by atoms with van der Waals surface area (Å²) in [6.45, 7) is 2.17. The maximum atomic E-state index is 14.8. The largest absolute Gasteiger partial charge is 0.349 e. The molecule has 30 heavy (non-hydrogen) atoms. The zero-order valence-electron chi connectivity index (χ0n) is 16.8. The third-order valence-electron chi connectivity index (χ3n) is 6.33. The van der Waals surface area contributed by atoms with Gasteiger partial charge in [0.1, 0.15) is 11.6 Å². The molecule has 1 amide bonds. The minimum atomic E-state index is -0.765. The quantitative estimate of drug-likeness (QED) is 0.660. The normalized spacial score (nSPS) is 21.1. The van der Waals surface area contributed by atoms with Crippen molar-refractivity contribution in [3.63, 3.8) is 0 Å². The van der Waals surface area contributed by atoms with Gasteiger partial charge >= 0.3 is 0 Å². The van der Waals surface area contributed by atoms with E-state index in [-0.39, 0.29) is 28.3 Å². The van der Waals surface area contributed by atoms with E-state index in [9.17, 15) is 13.6 Å². The third kappa shape index (κ3) is 4.65. The number of amides is 1. The van der Waals surface area contributed by atoms with Crippen LogP contribution in [0.25, 0.3) is 0 Å². The van der Waals surface area contributed by atoms with Gasteiger partial charge in [0.05, 0.1) is 17.0 Å². The van der Waals surface area contributed by atoms with Crippen molar-refractivity contribution in [2.75, 3.05) is 13.1 Å². The number of carbonyl (C=O) groups is 1. The van der Waals surface area contributed by atoms with Crippen LogP contribution in [-0.2, 0) is 11.3 Å². The summed E-state index contributed by atoms with van der Waals surface area (Å²) in [6, 6.07) is 5.62. The van der Waals surface area contributed by atoms with Crippen molar-refractivity contribution in [1.29, 1.82) is 0 Å². The maximum Gasteiger partial charge on any atom is 0.224 e. The van der Waals surface area contributed by atoms with Gasteiger partial charge in [-0.05, 0) is 55.5 Å². The van der Waals surface area contributed by atoms with E-state index in [1.807, 2.05) is 18.3 Å². The summed E-state index contributed by atoms with van der Waals surface area (Å²) in [6.07, 6.45) is 7.98. The van der Waals surface area contributed by atoms with Gasteiger partial charge in [0.15, 0.2) is 0 Å². The van der Waals surface area contributed by atoms with Crippen molar-refractivity contribution < 1.29 is 13.6 Å². The Hall–Kier alpha value is -2.05. The number of rotatable bonds is 6. The first kappa shape index (κ1) is 21.2. The molecule has 7 heteroatoms. The summed E-state index contributed by atoms with van der Waals surface area (Å²) in [5, 5.41) is 2.88. The Labute approximate surface area is 180 Å². The lowest BCUT2D eigenvalue weighted by Gasteiger charge is -2.27. The van der Waals surface area contributed by atoms with E-state index < -0.39 is 17.7 Å². The topological polar surface area (TPSA) is 45.2 Å². The molecule has 1 aromatic heterocycles. The zero-order valence-corrected chi connectivity index (χ0v) is 17.5. The molecular formula is C23H26ClF2N3O. The lowest BCUT2D eigenvalue weighted by Crippen LogP contribution is -2.39. The van der Waals surface area contributed by atoms with Gasteiger partial charge in [0.25, 0.3) is 0 Å². The smallest absolute Gasteiger partial charge is 0.224 e. The monoisotopic (exact) mass is 433 g/mol. The first-order valence-electron chi connectivity index (χ1n) is 10.6. The fraction of sp³-hybridized carbons (Fsp3) is 0.478. The minimum Gasteiger partial charge on any atom is -0.349 e. The molecule has 0 unspecified atom stereocenters. The zero-order chi connectivity index (χ0) is 21.1. The van der Waals surface area contributed by atoms with E-state index in [1.165, 1.54) is 12.1 Å². The lowest BCUT2D eigenvalue weighted by molar-refractivity contribution is -0.125. The lowest BCUT2D eigenvalue weighted by atomic mass is 9.90.